The van der Waals surface area contributed by atoms with Crippen molar-refractivity contribution in [3.05, 3.63) is 42.0 Å². The van der Waals surface area contributed by atoms with E-state index in [1.165, 1.54) is 0 Å². The van der Waals surface area contributed by atoms with Crippen LogP contribution in [0.15, 0.2) is 36.4 Å². The standard InChI is InChI=1S/C21H29NO3/c1-3-17(2)15-22-21(23)11-9-7-5-4-6-8-10-18-12-13-19-20(14-18)25-16-24-19/h8-14,17H,3-7,15-16H2,1-2H3,(H,22,23)/b10-8+,11-9+/t17-/m1/s1. The zero-order chi connectivity index (χ0) is 17.9. The van der Waals surface area contributed by atoms with Gasteiger partial charge in [0, 0.05) is 6.54 Å². The molecule has 136 valence electrons. The van der Waals surface area contributed by atoms with Gasteiger partial charge in [-0.15, -0.1) is 0 Å². The number of amides is 1. The lowest BCUT2D eigenvalue weighted by molar-refractivity contribution is -0.116. The lowest BCUT2D eigenvalue weighted by atomic mass is 10.1. The first-order valence-corrected chi connectivity index (χ1v) is 9.19. The average Bonchev–Trinajstić information content (AvgIpc) is 3.09. The molecule has 1 aromatic carbocycles. The fraction of sp³-hybridized carbons (Fsp3) is 0.476. The fourth-order valence-electron chi connectivity index (χ4n) is 2.43. The molecule has 0 saturated heterocycles. The third kappa shape index (κ3) is 7.04. The molecule has 1 heterocycles. The molecule has 0 unspecified atom stereocenters. The van der Waals surface area contributed by atoms with E-state index in [1.54, 1.807) is 6.08 Å². The Hall–Kier alpha value is -2.23. The van der Waals surface area contributed by atoms with Gasteiger partial charge >= 0.3 is 0 Å². The van der Waals surface area contributed by atoms with E-state index in [2.05, 4.69) is 31.3 Å². The third-order valence-corrected chi connectivity index (χ3v) is 4.29. The van der Waals surface area contributed by atoms with Crippen LogP contribution in [0.2, 0.25) is 0 Å². The van der Waals surface area contributed by atoms with Crippen molar-refractivity contribution in [2.45, 2.75) is 46.0 Å². The second-order valence-electron chi connectivity index (χ2n) is 6.46. The van der Waals surface area contributed by atoms with Crippen molar-refractivity contribution in [1.82, 2.24) is 5.32 Å². The molecular formula is C21H29NO3. The summed E-state index contributed by atoms with van der Waals surface area (Å²) in [4.78, 5) is 11.6. The molecule has 1 atom stereocenters. The van der Waals surface area contributed by atoms with Crippen LogP contribution in [0.25, 0.3) is 6.08 Å². The summed E-state index contributed by atoms with van der Waals surface area (Å²) in [5, 5.41) is 2.92. The van der Waals surface area contributed by atoms with Crippen molar-refractivity contribution in [3.63, 3.8) is 0 Å². The van der Waals surface area contributed by atoms with Gasteiger partial charge in [0.1, 0.15) is 0 Å². The lowest BCUT2D eigenvalue weighted by Crippen LogP contribution is -2.26. The normalized spacial score (nSPS) is 14.3. The van der Waals surface area contributed by atoms with Crippen molar-refractivity contribution in [2.75, 3.05) is 13.3 Å². The first-order chi connectivity index (χ1) is 12.2. The molecular weight excluding hydrogens is 314 g/mol. The van der Waals surface area contributed by atoms with Gasteiger partial charge in [-0.3, -0.25) is 4.79 Å². The van der Waals surface area contributed by atoms with Gasteiger partial charge < -0.3 is 14.8 Å². The highest BCUT2D eigenvalue weighted by atomic mass is 16.7. The second kappa shape index (κ2) is 10.6. The molecule has 1 aliphatic rings. The highest BCUT2D eigenvalue weighted by Gasteiger charge is 2.11. The van der Waals surface area contributed by atoms with E-state index in [4.69, 9.17) is 9.47 Å². The van der Waals surface area contributed by atoms with Gasteiger partial charge in [0.15, 0.2) is 11.5 Å². The van der Waals surface area contributed by atoms with E-state index in [9.17, 15) is 4.79 Å². The van der Waals surface area contributed by atoms with Gasteiger partial charge in [-0.25, -0.2) is 0 Å². The minimum absolute atomic E-state index is 0.0167. The van der Waals surface area contributed by atoms with Gasteiger partial charge in [-0.05, 0) is 55.4 Å². The number of nitrogens with one attached hydrogen (secondary N) is 1. The maximum absolute atomic E-state index is 11.6. The van der Waals surface area contributed by atoms with Crippen molar-refractivity contribution in [3.8, 4) is 11.5 Å². The number of unbranched alkanes of at least 4 members (excludes halogenated alkanes) is 3. The Balaban J connectivity index is 1.56. The van der Waals surface area contributed by atoms with Crippen LogP contribution in [0, 0.1) is 5.92 Å². The van der Waals surface area contributed by atoms with Crippen molar-refractivity contribution < 1.29 is 14.3 Å². The molecule has 0 fully saturated rings. The largest absolute Gasteiger partial charge is 0.454 e. The molecule has 1 aromatic rings. The Morgan fingerprint density at radius 3 is 2.76 bits per heavy atom. The number of hydrogen-bond donors (Lipinski definition) is 1. The minimum Gasteiger partial charge on any atom is -0.454 e. The number of carbonyl (C=O) groups excluding carboxylic acids is 1. The summed E-state index contributed by atoms with van der Waals surface area (Å²) in [7, 11) is 0. The quantitative estimate of drug-likeness (QED) is 0.494. The van der Waals surface area contributed by atoms with Crippen molar-refractivity contribution >= 4 is 12.0 Å². The smallest absolute Gasteiger partial charge is 0.243 e. The van der Waals surface area contributed by atoms with Crippen LogP contribution < -0.4 is 14.8 Å². The summed E-state index contributed by atoms with van der Waals surface area (Å²) in [5.74, 6) is 2.19. The van der Waals surface area contributed by atoms with Crippen LogP contribution >= 0.6 is 0 Å². The molecule has 25 heavy (non-hydrogen) atoms. The molecule has 4 nitrogen and oxygen atoms in total. The molecule has 0 saturated carbocycles. The number of fused-ring (bicyclic) bond motifs is 1. The number of allylic oxidation sites excluding steroid dienone is 2. The van der Waals surface area contributed by atoms with Gasteiger partial charge in [-0.1, -0.05) is 44.6 Å². The Bertz CT molecular complexity index is 607. The summed E-state index contributed by atoms with van der Waals surface area (Å²) in [6, 6.07) is 5.98. The molecule has 0 radical (unpaired) electrons. The summed E-state index contributed by atoms with van der Waals surface area (Å²) >= 11 is 0. The molecule has 0 aliphatic carbocycles. The number of rotatable bonds is 10. The van der Waals surface area contributed by atoms with E-state index in [0.717, 1.165) is 55.7 Å². The Labute approximate surface area is 150 Å². The predicted octanol–water partition coefficient (Wildman–Crippen LogP) is 4.71. The summed E-state index contributed by atoms with van der Waals surface area (Å²) in [6.45, 7) is 5.34. The molecule has 0 spiro atoms. The summed E-state index contributed by atoms with van der Waals surface area (Å²) in [5.41, 5.74) is 1.13. The highest BCUT2D eigenvalue weighted by Crippen LogP contribution is 2.32. The van der Waals surface area contributed by atoms with E-state index >= 15 is 0 Å². The number of benzene rings is 1. The first kappa shape index (κ1) is 19.1. The molecule has 1 N–H and O–H groups in total. The molecule has 0 aromatic heterocycles. The molecule has 2 rings (SSSR count). The fourth-order valence-corrected chi connectivity index (χ4v) is 2.43. The average molecular weight is 343 g/mol. The van der Waals surface area contributed by atoms with Crippen molar-refractivity contribution in [2.24, 2.45) is 5.92 Å². The van der Waals surface area contributed by atoms with Crippen LogP contribution in [0.1, 0.15) is 51.5 Å². The monoisotopic (exact) mass is 343 g/mol. The van der Waals surface area contributed by atoms with Crippen LogP contribution in [-0.2, 0) is 4.79 Å². The molecule has 0 bridgehead atoms. The number of ether oxygens (including phenoxy) is 2. The number of hydrogen-bond acceptors (Lipinski definition) is 3. The first-order valence-electron chi connectivity index (χ1n) is 9.19. The third-order valence-electron chi connectivity index (χ3n) is 4.29. The van der Waals surface area contributed by atoms with Crippen LogP contribution in [0.5, 0.6) is 11.5 Å². The minimum atomic E-state index is 0.0167. The predicted molar refractivity (Wildman–Crippen MR) is 102 cm³/mol. The van der Waals surface area contributed by atoms with E-state index in [1.807, 2.05) is 24.3 Å². The van der Waals surface area contributed by atoms with Gasteiger partial charge in [0.25, 0.3) is 0 Å². The summed E-state index contributed by atoms with van der Waals surface area (Å²) in [6.07, 6.45) is 13.2. The zero-order valence-corrected chi connectivity index (χ0v) is 15.3. The van der Waals surface area contributed by atoms with E-state index < -0.39 is 0 Å². The van der Waals surface area contributed by atoms with Gasteiger partial charge in [0.05, 0.1) is 0 Å². The number of carbonyl (C=O) groups is 1. The maximum Gasteiger partial charge on any atom is 0.243 e. The Kier molecular flexibility index (Phi) is 8.10. The molecule has 1 amide bonds. The van der Waals surface area contributed by atoms with Crippen LogP contribution in [-0.4, -0.2) is 19.2 Å². The summed E-state index contributed by atoms with van der Waals surface area (Å²) < 4.78 is 10.7. The SMILES string of the molecule is CC[C@@H](C)CNC(=O)/C=C/CCCC/C=C/c1ccc2c(c1)OCO2. The van der Waals surface area contributed by atoms with Gasteiger partial charge in [-0.2, -0.15) is 0 Å². The zero-order valence-electron chi connectivity index (χ0n) is 15.3. The molecule has 1 aliphatic heterocycles. The van der Waals surface area contributed by atoms with E-state index in [-0.39, 0.29) is 5.91 Å². The second-order valence-corrected chi connectivity index (χ2v) is 6.46. The maximum atomic E-state index is 11.6. The Morgan fingerprint density at radius 1 is 1.20 bits per heavy atom. The topological polar surface area (TPSA) is 47.6 Å². The molecule has 4 heteroatoms. The highest BCUT2D eigenvalue weighted by molar-refractivity contribution is 5.87. The van der Waals surface area contributed by atoms with Crippen LogP contribution in [0.3, 0.4) is 0 Å². The Morgan fingerprint density at radius 2 is 1.96 bits per heavy atom. The lowest BCUT2D eigenvalue weighted by Gasteiger charge is -2.07. The van der Waals surface area contributed by atoms with Crippen molar-refractivity contribution in [1.29, 1.82) is 0 Å². The van der Waals surface area contributed by atoms with Gasteiger partial charge in [0.2, 0.25) is 12.7 Å². The van der Waals surface area contributed by atoms with Crippen LogP contribution in [0.4, 0.5) is 0 Å². The van der Waals surface area contributed by atoms with E-state index in [0.29, 0.717) is 12.7 Å².